The van der Waals surface area contributed by atoms with Gasteiger partial charge < -0.3 is 14.9 Å². The van der Waals surface area contributed by atoms with Crippen molar-refractivity contribution in [1.29, 1.82) is 0 Å². The van der Waals surface area contributed by atoms with E-state index < -0.39 is 4.92 Å². The van der Waals surface area contributed by atoms with Crippen molar-refractivity contribution < 1.29 is 10.0 Å². The van der Waals surface area contributed by atoms with Crippen LogP contribution in [0.3, 0.4) is 0 Å². The molecule has 0 bridgehead atoms. The first-order valence-corrected chi connectivity index (χ1v) is 6.19. The van der Waals surface area contributed by atoms with Crippen LogP contribution in [0.5, 0.6) is 0 Å². The first-order valence-electron chi connectivity index (χ1n) is 6.19. The Balaban J connectivity index is 2.83. The Morgan fingerprint density at radius 2 is 1.95 bits per heavy atom. The fraction of sp³-hybridized carbons (Fsp3) is 0.538. The molecule has 0 unspecified atom stereocenters. The van der Waals surface area contributed by atoms with E-state index in [1.54, 1.807) is 12.1 Å². The van der Waals surface area contributed by atoms with Crippen LogP contribution in [0.2, 0.25) is 0 Å². The molecule has 106 valence electrons. The van der Waals surface area contributed by atoms with Crippen LogP contribution in [0.1, 0.15) is 12.0 Å². The lowest BCUT2D eigenvalue weighted by Gasteiger charge is -2.20. The van der Waals surface area contributed by atoms with Gasteiger partial charge in [-0.3, -0.25) is 10.1 Å². The SMILES string of the molecule is CN(C)CCCN(C)c1ccc(CO)cc1[N+](=O)[O-]. The van der Waals surface area contributed by atoms with Gasteiger partial charge in [0.2, 0.25) is 0 Å². The maximum absolute atomic E-state index is 11.1. The number of aliphatic hydroxyl groups is 1. The quantitative estimate of drug-likeness (QED) is 0.598. The molecule has 0 aliphatic carbocycles. The van der Waals surface area contributed by atoms with Gasteiger partial charge in [-0.05, 0) is 38.7 Å². The molecule has 0 aliphatic heterocycles. The van der Waals surface area contributed by atoms with Crippen molar-refractivity contribution in [2.45, 2.75) is 13.0 Å². The van der Waals surface area contributed by atoms with E-state index in [0.717, 1.165) is 19.5 Å². The Morgan fingerprint density at radius 3 is 2.47 bits per heavy atom. The molecule has 0 saturated heterocycles. The lowest BCUT2D eigenvalue weighted by atomic mass is 10.1. The van der Waals surface area contributed by atoms with Crippen molar-refractivity contribution in [3.8, 4) is 0 Å². The van der Waals surface area contributed by atoms with Crippen LogP contribution in [-0.4, -0.2) is 49.2 Å². The molecule has 19 heavy (non-hydrogen) atoms. The van der Waals surface area contributed by atoms with Gasteiger partial charge in [-0.2, -0.15) is 0 Å². The highest BCUT2D eigenvalue weighted by Crippen LogP contribution is 2.28. The zero-order valence-electron chi connectivity index (χ0n) is 11.7. The van der Waals surface area contributed by atoms with Crippen molar-refractivity contribution in [3.05, 3.63) is 33.9 Å². The molecule has 1 rings (SSSR count). The first-order chi connectivity index (χ1) is 8.95. The molecule has 0 heterocycles. The third kappa shape index (κ3) is 4.50. The van der Waals surface area contributed by atoms with Crippen molar-refractivity contribution in [2.24, 2.45) is 0 Å². The summed E-state index contributed by atoms with van der Waals surface area (Å²) in [5.41, 5.74) is 1.18. The molecule has 0 fully saturated rings. The van der Waals surface area contributed by atoms with Gasteiger partial charge in [0.15, 0.2) is 0 Å². The molecule has 6 heteroatoms. The van der Waals surface area contributed by atoms with Crippen molar-refractivity contribution in [2.75, 3.05) is 39.1 Å². The van der Waals surface area contributed by atoms with Gasteiger partial charge in [0.25, 0.3) is 5.69 Å². The van der Waals surface area contributed by atoms with Crippen molar-refractivity contribution in [1.82, 2.24) is 4.90 Å². The molecule has 6 nitrogen and oxygen atoms in total. The number of nitro benzene ring substituents is 1. The zero-order chi connectivity index (χ0) is 14.4. The molecule has 0 amide bonds. The standard InChI is InChI=1S/C13H21N3O3/c1-14(2)7-4-8-15(3)12-6-5-11(10-17)9-13(12)16(18)19/h5-6,9,17H,4,7-8,10H2,1-3H3. The zero-order valence-corrected chi connectivity index (χ0v) is 11.7. The average Bonchev–Trinajstić information content (AvgIpc) is 2.37. The Kier molecular flexibility index (Phi) is 5.72. The predicted molar refractivity (Wildman–Crippen MR) is 75.5 cm³/mol. The van der Waals surface area contributed by atoms with E-state index in [-0.39, 0.29) is 12.3 Å². The number of nitrogens with zero attached hydrogens (tertiary/aromatic N) is 3. The minimum atomic E-state index is -0.406. The van der Waals surface area contributed by atoms with Crippen LogP contribution in [-0.2, 0) is 6.61 Å². The van der Waals surface area contributed by atoms with Gasteiger partial charge in [-0.15, -0.1) is 0 Å². The Bertz CT molecular complexity index is 435. The van der Waals surface area contributed by atoms with E-state index in [1.807, 2.05) is 26.0 Å². The van der Waals surface area contributed by atoms with E-state index in [2.05, 4.69) is 4.90 Å². The van der Waals surface area contributed by atoms with Crippen LogP contribution in [0.4, 0.5) is 11.4 Å². The summed E-state index contributed by atoms with van der Waals surface area (Å²) < 4.78 is 0. The van der Waals surface area contributed by atoms with Gasteiger partial charge in [0.05, 0.1) is 11.5 Å². The Morgan fingerprint density at radius 1 is 1.26 bits per heavy atom. The molecule has 0 atom stereocenters. The summed E-state index contributed by atoms with van der Waals surface area (Å²) in [5, 5.41) is 20.1. The van der Waals surface area contributed by atoms with Crippen LogP contribution in [0.15, 0.2) is 18.2 Å². The van der Waals surface area contributed by atoms with E-state index in [9.17, 15) is 10.1 Å². The number of rotatable bonds is 7. The molecule has 0 spiro atoms. The van der Waals surface area contributed by atoms with E-state index in [1.165, 1.54) is 6.07 Å². The molecular weight excluding hydrogens is 246 g/mol. The largest absolute Gasteiger partial charge is 0.392 e. The third-order valence-corrected chi connectivity index (χ3v) is 2.93. The Labute approximate surface area is 113 Å². The lowest BCUT2D eigenvalue weighted by molar-refractivity contribution is -0.384. The fourth-order valence-corrected chi connectivity index (χ4v) is 1.88. The third-order valence-electron chi connectivity index (χ3n) is 2.93. The van der Waals surface area contributed by atoms with Crippen LogP contribution in [0, 0.1) is 10.1 Å². The second-order valence-electron chi connectivity index (χ2n) is 4.82. The summed E-state index contributed by atoms with van der Waals surface area (Å²) >= 11 is 0. The first kappa shape index (κ1) is 15.4. The molecule has 0 aliphatic rings. The minimum absolute atomic E-state index is 0.0407. The topological polar surface area (TPSA) is 69.8 Å². The van der Waals surface area contributed by atoms with Gasteiger partial charge in [0, 0.05) is 19.7 Å². The lowest BCUT2D eigenvalue weighted by Crippen LogP contribution is -2.24. The van der Waals surface area contributed by atoms with Gasteiger partial charge in [-0.25, -0.2) is 0 Å². The molecule has 1 aromatic carbocycles. The van der Waals surface area contributed by atoms with E-state index in [4.69, 9.17) is 5.11 Å². The number of benzene rings is 1. The summed E-state index contributed by atoms with van der Waals surface area (Å²) in [4.78, 5) is 14.6. The maximum Gasteiger partial charge on any atom is 0.292 e. The van der Waals surface area contributed by atoms with Gasteiger partial charge in [0.1, 0.15) is 5.69 Å². The van der Waals surface area contributed by atoms with E-state index >= 15 is 0 Å². The second-order valence-corrected chi connectivity index (χ2v) is 4.82. The average molecular weight is 267 g/mol. The molecular formula is C13H21N3O3. The summed E-state index contributed by atoms with van der Waals surface area (Å²) in [6.45, 7) is 1.50. The van der Waals surface area contributed by atoms with Crippen LogP contribution in [0.25, 0.3) is 0 Å². The molecule has 0 radical (unpaired) electrons. The Hall–Kier alpha value is -1.66. The molecule has 0 aromatic heterocycles. The van der Waals surface area contributed by atoms with Gasteiger partial charge >= 0.3 is 0 Å². The van der Waals surface area contributed by atoms with E-state index in [0.29, 0.717) is 11.3 Å². The monoisotopic (exact) mass is 267 g/mol. The highest BCUT2D eigenvalue weighted by atomic mass is 16.6. The normalized spacial score (nSPS) is 10.8. The number of hydrogen-bond acceptors (Lipinski definition) is 5. The molecule has 1 aromatic rings. The summed E-state index contributed by atoms with van der Waals surface area (Å²) in [5.74, 6) is 0. The summed E-state index contributed by atoms with van der Waals surface area (Å²) in [6.07, 6.45) is 0.933. The predicted octanol–water partition coefficient (Wildman–Crippen LogP) is 1.47. The number of hydrogen-bond donors (Lipinski definition) is 1. The van der Waals surface area contributed by atoms with Crippen LogP contribution >= 0.6 is 0 Å². The minimum Gasteiger partial charge on any atom is -0.392 e. The number of aliphatic hydroxyl groups excluding tert-OH is 1. The van der Waals surface area contributed by atoms with Crippen molar-refractivity contribution >= 4 is 11.4 Å². The summed E-state index contributed by atoms with van der Waals surface area (Å²) in [7, 11) is 5.84. The highest BCUT2D eigenvalue weighted by molar-refractivity contribution is 5.63. The number of nitro groups is 1. The van der Waals surface area contributed by atoms with Crippen LogP contribution < -0.4 is 4.90 Å². The maximum atomic E-state index is 11.1. The fourth-order valence-electron chi connectivity index (χ4n) is 1.88. The highest BCUT2D eigenvalue weighted by Gasteiger charge is 2.17. The molecule has 0 saturated carbocycles. The van der Waals surface area contributed by atoms with Gasteiger partial charge in [-0.1, -0.05) is 6.07 Å². The number of anilines is 1. The molecule has 1 N–H and O–H groups in total. The second kappa shape index (κ2) is 7.06. The summed E-state index contributed by atoms with van der Waals surface area (Å²) in [6, 6.07) is 4.84. The van der Waals surface area contributed by atoms with Crippen molar-refractivity contribution in [3.63, 3.8) is 0 Å². The smallest absolute Gasteiger partial charge is 0.292 e.